The summed E-state index contributed by atoms with van der Waals surface area (Å²) in [6.45, 7) is 0. The largest absolute Gasteiger partial charge is 0.455 e. The zero-order valence-corrected chi connectivity index (χ0v) is 27.5. The van der Waals surface area contributed by atoms with E-state index in [2.05, 4.69) is 140 Å². The Balaban J connectivity index is 1.17. The Morgan fingerprint density at radius 3 is 1.76 bits per heavy atom. The second kappa shape index (κ2) is 11.9. The number of pyridine rings is 1. The summed E-state index contributed by atoms with van der Waals surface area (Å²) in [6, 6.07) is 60.7. The van der Waals surface area contributed by atoms with Crippen LogP contribution in [0.15, 0.2) is 180 Å². The van der Waals surface area contributed by atoms with Gasteiger partial charge in [0.1, 0.15) is 11.2 Å². The second-order valence-electron chi connectivity index (χ2n) is 12.8. The molecule has 10 rings (SSSR count). The lowest BCUT2D eigenvalue weighted by atomic mass is 9.97. The van der Waals surface area contributed by atoms with Crippen molar-refractivity contribution < 1.29 is 4.42 Å². The van der Waals surface area contributed by atoms with Gasteiger partial charge in [0.05, 0.1) is 22.6 Å². The van der Waals surface area contributed by atoms with Crippen LogP contribution >= 0.6 is 0 Å². The normalized spacial score (nSPS) is 11.5. The molecule has 0 saturated carbocycles. The summed E-state index contributed by atoms with van der Waals surface area (Å²) in [7, 11) is 0. The lowest BCUT2D eigenvalue weighted by Gasteiger charge is -2.11. The summed E-state index contributed by atoms with van der Waals surface area (Å²) >= 11 is 0. The molecule has 238 valence electrons. The van der Waals surface area contributed by atoms with E-state index in [1.54, 1.807) is 0 Å². The average Bonchev–Trinajstić information content (AvgIpc) is 3.59. The van der Waals surface area contributed by atoms with Crippen molar-refractivity contribution in [2.45, 2.75) is 0 Å². The highest BCUT2D eigenvalue weighted by atomic mass is 16.3. The van der Waals surface area contributed by atoms with E-state index in [4.69, 9.17) is 19.4 Å². The van der Waals surface area contributed by atoms with Crippen molar-refractivity contribution in [2.75, 3.05) is 0 Å². The standard InChI is InChI=1S/C47H29N3O/c1-4-13-30(14-5-1)33-19-12-20-35(27-33)47-49-41(31-15-6-2-7-16-31)29-42(50-47)34-23-26-43-39(28-34)36-24-25-38-44(46(36)51-43)37-21-10-11-22-40(37)48-45(38)32-17-8-3-9-18-32/h1-29H. The van der Waals surface area contributed by atoms with Gasteiger partial charge in [-0.2, -0.15) is 0 Å². The summed E-state index contributed by atoms with van der Waals surface area (Å²) in [5.41, 5.74) is 11.7. The Bertz CT molecular complexity index is 2900. The maximum absolute atomic E-state index is 6.74. The summed E-state index contributed by atoms with van der Waals surface area (Å²) in [4.78, 5) is 15.4. The molecular weight excluding hydrogens is 623 g/mol. The molecule has 0 aliphatic rings. The maximum Gasteiger partial charge on any atom is 0.160 e. The lowest BCUT2D eigenvalue weighted by molar-refractivity contribution is 0.673. The molecule has 4 nitrogen and oxygen atoms in total. The van der Waals surface area contributed by atoms with E-state index in [1.807, 2.05) is 36.4 Å². The Kier molecular flexibility index (Phi) is 6.78. The number of benzene rings is 7. The second-order valence-corrected chi connectivity index (χ2v) is 12.8. The molecule has 4 heteroatoms. The minimum atomic E-state index is 0.680. The molecule has 3 heterocycles. The highest BCUT2D eigenvalue weighted by Crippen LogP contribution is 2.41. The van der Waals surface area contributed by atoms with Gasteiger partial charge in [0.2, 0.25) is 0 Å². The van der Waals surface area contributed by atoms with Gasteiger partial charge in [0.25, 0.3) is 0 Å². The SMILES string of the molecule is c1ccc(-c2cccc(-c3nc(-c4ccccc4)cc(-c4ccc5oc6c(ccc7c(-c8ccccc8)nc8ccccc8c76)c5c4)n3)c2)cc1. The topological polar surface area (TPSA) is 51.8 Å². The van der Waals surface area contributed by atoms with Crippen molar-refractivity contribution in [3.63, 3.8) is 0 Å². The molecule has 0 saturated heterocycles. The minimum absolute atomic E-state index is 0.680. The number of nitrogens with zero attached hydrogens (tertiary/aromatic N) is 3. The Hall–Kier alpha value is -6.91. The van der Waals surface area contributed by atoms with Gasteiger partial charge < -0.3 is 4.42 Å². The highest BCUT2D eigenvalue weighted by molar-refractivity contribution is 6.24. The molecule has 10 aromatic rings. The van der Waals surface area contributed by atoms with E-state index in [9.17, 15) is 0 Å². The third-order valence-electron chi connectivity index (χ3n) is 9.67. The third kappa shape index (κ3) is 5.04. The van der Waals surface area contributed by atoms with E-state index in [1.165, 1.54) is 0 Å². The predicted octanol–water partition coefficient (Wildman–Crippen LogP) is 12.4. The van der Waals surface area contributed by atoms with Crippen LogP contribution in [-0.2, 0) is 0 Å². The number of furan rings is 1. The van der Waals surface area contributed by atoms with E-state index < -0.39 is 0 Å². The fourth-order valence-corrected chi connectivity index (χ4v) is 7.19. The maximum atomic E-state index is 6.74. The average molecular weight is 652 g/mol. The van der Waals surface area contributed by atoms with Gasteiger partial charge in [-0.15, -0.1) is 0 Å². The first-order valence-electron chi connectivity index (χ1n) is 17.1. The van der Waals surface area contributed by atoms with Crippen LogP contribution < -0.4 is 0 Å². The molecule has 0 aliphatic carbocycles. The van der Waals surface area contributed by atoms with Crippen molar-refractivity contribution in [3.05, 3.63) is 176 Å². The monoisotopic (exact) mass is 651 g/mol. The molecule has 51 heavy (non-hydrogen) atoms. The van der Waals surface area contributed by atoms with Crippen LogP contribution in [0.1, 0.15) is 0 Å². The van der Waals surface area contributed by atoms with Crippen LogP contribution in [0.5, 0.6) is 0 Å². The number of hydrogen-bond donors (Lipinski definition) is 0. The van der Waals surface area contributed by atoms with Gasteiger partial charge in [-0.25, -0.2) is 15.0 Å². The molecule has 0 unspecified atom stereocenters. The number of rotatable bonds is 5. The van der Waals surface area contributed by atoms with Gasteiger partial charge in [-0.05, 0) is 53.6 Å². The van der Waals surface area contributed by atoms with Gasteiger partial charge in [0, 0.05) is 49.2 Å². The van der Waals surface area contributed by atoms with E-state index >= 15 is 0 Å². The highest BCUT2D eigenvalue weighted by Gasteiger charge is 2.19. The van der Waals surface area contributed by atoms with Gasteiger partial charge in [0.15, 0.2) is 5.82 Å². The fourth-order valence-electron chi connectivity index (χ4n) is 7.19. The van der Waals surface area contributed by atoms with Crippen LogP contribution in [0.25, 0.3) is 99.9 Å². The Labute approximate surface area is 294 Å². The summed E-state index contributed by atoms with van der Waals surface area (Å²) in [6.07, 6.45) is 0. The fraction of sp³-hybridized carbons (Fsp3) is 0. The van der Waals surface area contributed by atoms with Crippen LogP contribution in [0, 0.1) is 0 Å². The van der Waals surface area contributed by atoms with Gasteiger partial charge in [-0.3, -0.25) is 0 Å². The minimum Gasteiger partial charge on any atom is -0.455 e. The number of hydrogen-bond acceptors (Lipinski definition) is 4. The van der Waals surface area contributed by atoms with Crippen molar-refractivity contribution in [1.29, 1.82) is 0 Å². The Morgan fingerprint density at radius 1 is 0.353 bits per heavy atom. The first kappa shape index (κ1) is 29.0. The molecule has 0 atom stereocenters. The molecular formula is C47H29N3O. The molecule has 0 bridgehead atoms. The van der Waals surface area contributed by atoms with Crippen LogP contribution in [0.3, 0.4) is 0 Å². The van der Waals surface area contributed by atoms with Crippen molar-refractivity contribution in [2.24, 2.45) is 0 Å². The van der Waals surface area contributed by atoms with Crippen molar-refractivity contribution in [3.8, 4) is 56.3 Å². The van der Waals surface area contributed by atoms with Crippen LogP contribution in [0.2, 0.25) is 0 Å². The summed E-state index contributed by atoms with van der Waals surface area (Å²) in [5, 5.41) is 5.31. The van der Waals surface area contributed by atoms with E-state index in [0.717, 1.165) is 94.1 Å². The van der Waals surface area contributed by atoms with Crippen molar-refractivity contribution in [1.82, 2.24) is 15.0 Å². The molecule has 0 radical (unpaired) electrons. The van der Waals surface area contributed by atoms with Crippen LogP contribution in [0.4, 0.5) is 0 Å². The smallest absolute Gasteiger partial charge is 0.160 e. The molecule has 0 fully saturated rings. The molecule has 0 amide bonds. The molecule has 0 aliphatic heterocycles. The van der Waals surface area contributed by atoms with E-state index in [-0.39, 0.29) is 0 Å². The molecule has 7 aromatic carbocycles. The lowest BCUT2D eigenvalue weighted by Crippen LogP contribution is -1.96. The zero-order valence-electron chi connectivity index (χ0n) is 27.5. The number of para-hydroxylation sites is 1. The Morgan fingerprint density at radius 2 is 0.980 bits per heavy atom. The van der Waals surface area contributed by atoms with E-state index in [0.29, 0.717) is 5.82 Å². The molecule has 0 spiro atoms. The zero-order chi connectivity index (χ0) is 33.7. The third-order valence-corrected chi connectivity index (χ3v) is 9.67. The first-order chi connectivity index (χ1) is 25.3. The van der Waals surface area contributed by atoms with Crippen molar-refractivity contribution >= 4 is 43.6 Å². The molecule has 0 N–H and O–H groups in total. The van der Waals surface area contributed by atoms with Gasteiger partial charge in [-0.1, -0.05) is 133 Å². The first-order valence-corrected chi connectivity index (χ1v) is 17.1. The quantitative estimate of drug-likeness (QED) is 0.174. The predicted molar refractivity (Wildman–Crippen MR) is 209 cm³/mol. The van der Waals surface area contributed by atoms with Gasteiger partial charge >= 0.3 is 0 Å². The number of aromatic nitrogens is 3. The summed E-state index contributed by atoms with van der Waals surface area (Å²) in [5.74, 6) is 0.680. The molecule has 3 aromatic heterocycles. The van der Waals surface area contributed by atoms with Crippen LogP contribution in [-0.4, -0.2) is 15.0 Å². The number of fused-ring (bicyclic) bond motifs is 7. The summed E-state index contributed by atoms with van der Waals surface area (Å²) < 4.78 is 6.74.